The molecule has 0 heterocycles. The molecule has 0 aliphatic rings. The summed E-state index contributed by atoms with van der Waals surface area (Å²) in [6.07, 6.45) is 0.826. The fourth-order valence-corrected chi connectivity index (χ4v) is 1.69. The lowest BCUT2D eigenvalue weighted by Gasteiger charge is -2.15. The zero-order chi connectivity index (χ0) is 12.8. The van der Waals surface area contributed by atoms with Gasteiger partial charge in [-0.2, -0.15) is 0 Å². The molecule has 0 saturated carbocycles. The van der Waals surface area contributed by atoms with Crippen molar-refractivity contribution in [1.29, 1.82) is 0 Å². The molecule has 1 aromatic carbocycles. The van der Waals surface area contributed by atoms with Gasteiger partial charge in [-0.3, -0.25) is 0 Å². The first-order chi connectivity index (χ1) is 8.02. The Labute approximate surface area is 103 Å². The Morgan fingerprint density at radius 1 is 1.18 bits per heavy atom. The van der Waals surface area contributed by atoms with Gasteiger partial charge in [0, 0.05) is 0 Å². The Hall–Kier alpha value is -1.51. The van der Waals surface area contributed by atoms with E-state index in [1.54, 1.807) is 31.4 Å². The van der Waals surface area contributed by atoms with Gasteiger partial charge in [-0.25, -0.2) is 4.79 Å². The molecule has 17 heavy (non-hydrogen) atoms. The third kappa shape index (κ3) is 4.47. The Balaban J connectivity index is 2.57. The fourth-order valence-electron chi connectivity index (χ4n) is 1.69. The number of benzene rings is 1. The van der Waals surface area contributed by atoms with Crippen molar-refractivity contribution in [3.63, 3.8) is 0 Å². The minimum Gasteiger partial charge on any atom is -0.497 e. The number of esters is 1. The molecule has 0 aromatic heterocycles. The molecular formula is C14H20O3. The standard InChI is InChI=1S/C14H20O3/c1-10(2)9-11(3)17-14(15)12-5-7-13(16-4)8-6-12/h5-8,10-11H,9H2,1-4H3/t11-/m0/s1. The van der Waals surface area contributed by atoms with Crippen LogP contribution < -0.4 is 4.74 Å². The van der Waals surface area contributed by atoms with E-state index in [-0.39, 0.29) is 12.1 Å². The number of rotatable bonds is 5. The molecule has 0 radical (unpaired) electrons. The van der Waals surface area contributed by atoms with Crippen LogP contribution in [0, 0.1) is 5.92 Å². The number of methoxy groups -OCH3 is 1. The van der Waals surface area contributed by atoms with Crippen molar-refractivity contribution in [1.82, 2.24) is 0 Å². The number of carbonyl (C=O) groups is 1. The molecule has 0 spiro atoms. The van der Waals surface area contributed by atoms with Crippen LogP contribution in [-0.4, -0.2) is 19.2 Å². The maximum absolute atomic E-state index is 11.8. The number of hydrogen-bond donors (Lipinski definition) is 0. The van der Waals surface area contributed by atoms with Crippen LogP contribution in [0.15, 0.2) is 24.3 Å². The second-order valence-corrected chi connectivity index (χ2v) is 4.57. The summed E-state index contributed by atoms with van der Waals surface area (Å²) >= 11 is 0. The zero-order valence-electron chi connectivity index (χ0n) is 10.9. The third-order valence-electron chi connectivity index (χ3n) is 2.44. The highest BCUT2D eigenvalue weighted by Crippen LogP contribution is 2.14. The average molecular weight is 236 g/mol. The van der Waals surface area contributed by atoms with Crippen LogP contribution in [0.1, 0.15) is 37.6 Å². The average Bonchev–Trinajstić information content (AvgIpc) is 2.28. The summed E-state index contributed by atoms with van der Waals surface area (Å²) in [4.78, 5) is 11.8. The molecule has 0 saturated heterocycles. The van der Waals surface area contributed by atoms with Crippen LogP contribution in [0.2, 0.25) is 0 Å². The second kappa shape index (κ2) is 6.28. The molecule has 0 aliphatic heterocycles. The number of ether oxygens (including phenoxy) is 2. The molecule has 1 rings (SSSR count). The van der Waals surface area contributed by atoms with E-state index in [1.165, 1.54) is 0 Å². The van der Waals surface area contributed by atoms with Crippen molar-refractivity contribution in [3.8, 4) is 5.75 Å². The minimum atomic E-state index is -0.277. The molecule has 1 atom stereocenters. The summed E-state index contributed by atoms with van der Waals surface area (Å²) in [6.45, 7) is 6.14. The van der Waals surface area contributed by atoms with Crippen molar-refractivity contribution in [2.75, 3.05) is 7.11 Å². The van der Waals surface area contributed by atoms with Gasteiger partial charge in [-0.15, -0.1) is 0 Å². The lowest BCUT2D eigenvalue weighted by Crippen LogP contribution is -2.16. The predicted octanol–water partition coefficient (Wildman–Crippen LogP) is 3.29. The lowest BCUT2D eigenvalue weighted by molar-refractivity contribution is 0.0299. The first-order valence-electron chi connectivity index (χ1n) is 5.88. The number of hydrogen-bond acceptors (Lipinski definition) is 3. The Morgan fingerprint density at radius 3 is 2.24 bits per heavy atom. The van der Waals surface area contributed by atoms with Gasteiger partial charge < -0.3 is 9.47 Å². The van der Waals surface area contributed by atoms with Gasteiger partial charge >= 0.3 is 5.97 Å². The Kier molecular flexibility index (Phi) is 5.01. The summed E-state index contributed by atoms with van der Waals surface area (Å²) in [5, 5.41) is 0. The van der Waals surface area contributed by atoms with E-state index >= 15 is 0 Å². The third-order valence-corrected chi connectivity index (χ3v) is 2.44. The summed E-state index contributed by atoms with van der Waals surface area (Å²) in [6, 6.07) is 6.93. The van der Waals surface area contributed by atoms with Crippen LogP contribution in [0.3, 0.4) is 0 Å². The first kappa shape index (κ1) is 13.6. The Bertz CT molecular complexity index is 354. The van der Waals surface area contributed by atoms with Crippen LogP contribution >= 0.6 is 0 Å². The quantitative estimate of drug-likeness (QED) is 0.736. The van der Waals surface area contributed by atoms with Crippen molar-refractivity contribution in [2.24, 2.45) is 5.92 Å². The maximum atomic E-state index is 11.8. The van der Waals surface area contributed by atoms with E-state index in [4.69, 9.17) is 9.47 Å². The zero-order valence-corrected chi connectivity index (χ0v) is 10.9. The molecule has 0 bridgehead atoms. The molecule has 0 amide bonds. The topological polar surface area (TPSA) is 35.5 Å². The first-order valence-corrected chi connectivity index (χ1v) is 5.88. The van der Waals surface area contributed by atoms with Gasteiger partial charge in [-0.05, 0) is 43.5 Å². The summed E-state index contributed by atoms with van der Waals surface area (Å²) in [7, 11) is 1.60. The van der Waals surface area contributed by atoms with Gasteiger partial charge in [0.1, 0.15) is 5.75 Å². The highest BCUT2D eigenvalue weighted by Gasteiger charge is 2.13. The molecule has 1 aromatic rings. The van der Waals surface area contributed by atoms with E-state index in [0.29, 0.717) is 11.5 Å². The molecule has 0 fully saturated rings. The molecule has 0 N–H and O–H groups in total. The molecule has 3 nitrogen and oxygen atoms in total. The largest absolute Gasteiger partial charge is 0.497 e. The van der Waals surface area contributed by atoms with Crippen molar-refractivity contribution >= 4 is 5.97 Å². The maximum Gasteiger partial charge on any atom is 0.338 e. The normalized spacial score (nSPS) is 12.3. The van der Waals surface area contributed by atoms with E-state index in [1.807, 2.05) is 6.92 Å². The molecule has 3 heteroatoms. The van der Waals surface area contributed by atoms with Gasteiger partial charge in [0.25, 0.3) is 0 Å². The summed E-state index contributed by atoms with van der Waals surface area (Å²) < 4.78 is 10.4. The lowest BCUT2D eigenvalue weighted by atomic mass is 10.1. The van der Waals surface area contributed by atoms with Crippen LogP contribution in [-0.2, 0) is 4.74 Å². The van der Waals surface area contributed by atoms with E-state index < -0.39 is 0 Å². The van der Waals surface area contributed by atoms with Crippen molar-refractivity contribution < 1.29 is 14.3 Å². The van der Waals surface area contributed by atoms with Crippen molar-refractivity contribution in [3.05, 3.63) is 29.8 Å². The monoisotopic (exact) mass is 236 g/mol. The van der Waals surface area contributed by atoms with Gasteiger partial charge in [-0.1, -0.05) is 13.8 Å². The summed E-state index contributed by atoms with van der Waals surface area (Å²) in [5.41, 5.74) is 0.557. The van der Waals surface area contributed by atoms with Crippen molar-refractivity contribution in [2.45, 2.75) is 33.3 Å². The van der Waals surface area contributed by atoms with Gasteiger partial charge in [0.2, 0.25) is 0 Å². The van der Waals surface area contributed by atoms with Gasteiger partial charge in [0.15, 0.2) is 0 Å². The van der Waals surface area contributed by atoms with Crippen LogP contribution in [0.5, 0.6) is 5.75 Å². The highest BCUT2D eigenvalue weighted by molar-refractivity contribution is 5.89. The smallest absolute Gasteiger partial charge is 0.338 e. The summed E-state index contributed by atoms with van der Waals surface area (Å²) in [5.74, 6) is 0.978. The highest BCUT2D eigenvalue weighted by atomic mass is 16.5. The number of carbonyl (C=O) groups excluding carboxylic acids is 1. The van der Waals surface area contributed by atoms with E-state index in [2.05, 4.69) is 13.8 Å². The SMILES string of the molecule is COc1ccc(C(=O)O[C@@H](C)CC(C)C)cc1. The van der Waals surface area contributed by atoms with Gasteiger partial charge in [0.05, 0.1) is 18.8 Å². The molecular weight excluding hydrogens is 216 g/mol. The molecule has 94 valence electrons. The Morgan fingerprint density at radius 2 is 1.76 bits per heavy atom. The van der Waals surface area contributed by atoms with E-state index in [0.717, 1.165) is 12.2 Å². The minimum absolute atomic E-state index is 0.0513. The fraction of sp³-hybridized carbons (Fsp3) is 0.500. The molecule has 0 unspecified atom stereocenters. The van der Waals surface area contributed by atoms with E-state index in [9.17, 15) is 4.79 Å². The second-order valence-electron chi connectivity index (χ2n) is 4.57. The van der Waals surface area contributed by atoms with Crippen LogP contribution in [0.4, 0.5) is 0 Å². The predicted molar refractivity (Wildman–Crippen MR) is 67.3 cm³/mol. The molecule has 0 aliphatic carbocycles. The van der Waals surface area contributed by atoms with Crippen LogP contribution in [0.25, 0.3) is 0 Å².